The molecule has 0 saturated carbocycles. The van der Waals surface area contributed by atoms with E-state index in [4.69, 9.17) is 14.5 Å². The molecule has 0 saturated heterocycles. The summed E-state index contributed by atoms with van der Waals surface area (Å²) in [5.41, 5.74) is 3.41. The number of aromatic nitrogens is 2. The summed E-state index contributed by atoms with van der Waals surface area (Å²) in [6.07, 6.45) is 2.93. The average Bonchev–Trinajstić information content (AvgIpc) is 3.23. The Kier molecular flexibility index (Phi) is 6.80. The molecule has 4 heterocycles. The van der Waals surface area contributed by atoms with Crippen molar-refractivity contribution in [2.24, 2.45) is 5.92 Å². The van der Waals surface area contributed by atoms with Gasteiger partial charge in [0.1, 0.15) is 12.4 Å². The molecule has 2 atom stereocenters. The molecule has 0 bridgehead atoms. The van der Waals surface area contributed by atoms with Crippen LogP contribution in [0.15, 0.2) is 10.9 Å². The lowest BCUT2D eigenvalue weighted by atomic mass is 9.96. The first-order valence-electron chi connectivity index (χ1n) is 12.3. The number of ether oxygens (including phenoxy) is 2. The van der Waals surface area contributed by atoms with Gasteiger partial charge in [-0.25, -0.2) is 9.78 Å². The minimum absolute atomic E-state index is 0.0213. The molecule has 0 radical (unpaired) electrons. The van der Waals surface area contributed by atoms with Crippen LogP contribution >= 0.6 is 11.8 Å². The highest BCUT2D eigenvalue weighted by Crippen LogP contribution is 2.35. The van der Waals surface area contributed by atoms with Gasteiger partial charge in [-0.2, -0.15) is 0 Å². The van der Waals surface area contributed by atoms with Crippen LogP contribution in [0.3, 0.4) is 0 Å². The van der Waals surface area contributed by atoms with E-state index >= 15 is 0 Å². The molecule has 37 heavy (non-hydrogen) atoms. The Morgan fingerprint density at radius 1 is 1.27 bits per heavy atom. The molecule has 194 valence electrons. The number of fused-ring (bicyclic) bond motifs is 5. The minimum atomic E-state index is -1.36. The second-order valence-corrected chi connectivity index (χ2v) is 10.7. The second kappa shape index (κ2) is 9.90. The van der Waals surface area contributed by atoms with E-state index in [9.17, 15) is 24.3 Å². The van der Waals surface area contributed by atoms with Crippen LogP contribution in [0.4, 0.5) is 0 Å². The minimum Gasteiger partial charge on any atom is -0.458 e. The van der Waals surface area contributed by atoms with Gasteiger partial charge < -0.3 is 19.1 Å². The second-order valence-electron chi connectivity index (χ2n) is 9.69. The number of pyridine rings is 2. The average molecular weight is 525 g/mol. The third kappa shape index (κ3) is 4.53. The van der Waals surface area contributed by atoms with E-state index in [1.807, 2.05) is 19.1 Å². The molecule has 1 aliphatic carbocycles. The van der Waals surface area contributed by atoms with Crippen LogP contribution in [0.1, 0.15) is 55.5 Å². The van der Waals surface area contributed by atoms with Gasteiger partial charge in [0.05, 0.1) is 46.5 Å². The van der Waals surface area contributed by atoms with Crippen molar-refractivity contribution in [2.75, 3.05) is 11.5 Å². The summed E-state index contributed by atoms with van der Waals surface area (Å²) in [7, 11) is 0. The fourth-order valence-corrected chi connectivity index (χ4v) is 5.82. The zero-order valence-electron chi connectivity index (χ0n) is 20.9. The lowest BCUT2D eigenvalue weighted by Crippen LogP contribution is -2.37. The SMILES string of the molecule is CCc1c2c(nc3c1=CC(O)CC=3)-c1cc3c(c(=O)n1C2)COC(=O)[C@H]3OC(=O)CSCC(=O)C(C)C. The highest BCUT2D eigenvalue weighted by molar-refractivity contribution is 8.00. The molecule has 2 aliphatic heterocycles. The van der Waals surface area contributed by atoms with Crippen LogP contribution in [0.2, 0.25) is 0 Å². The summed E-state index contributed by atoms with van der Waals surface area (Å²) in [4.78, 5) is 55.3. The number of aliphatic hydroxyl groups is 1. The number of ketones is 1. The van der Waals surface area contributed by atoms with Crippen molar-refractivity contribution in [3.63, 3.8) is 0 Å². The molecule has 0 spiro atoms. The van der Waals surface area contributed by atoms with Crippen molar-refractivity contribution in [2.45, 2.75) is 59.0 Å². The highest BCUT2D eigenvalue weighted by Gasteiger charge is 2.38. The number of carbonyl (C=O) groups is 3. The monoisotopic (exact) mass is 524 g/mol. The molecule has 0 fully saturated rings. The predicted octanol–water partition coefficient (Wildman–Crippen LogP) is 0.759. The number of cyclic esters (lactones) is 1. The summed E-state index contributed by atoms with van der Waals surface area (Å²) in [6, 6.07) is 1.70. The maximum atomic E-state index is 13.5. The number of hydrogen-bond acceptors (Lipinski definition) is 9. The lowest BCUT2D eigenvalue weighted by molar-refractivity contribution is -0.170. The first kappa shape index (κ1) is 25.4. The standard InChI is InChI=1S/C27H28N2O7S/c1-4-15-16-7-14(30)5-6-20(16)28-24-18(15)9-29-21(24)8-17-19(26(29)33)10-35-27(34)25(17)36-23(32)12-37-11-22(31)13(2)3/h6-8,13-14,25,30H,4-5,9-12H2,1-3H3/t14?,25-/m0/s1. The van der Waals surface area contributed by atoms with Crippen LogP contribution in [0.25, 0.3) is 23.5 Å². The summed E-state index contributed by atoms with van der Waals surface area (Å²) in [5, 5.41) is 11.8. The molecule has 1 unspecified atom stereocenters. The van der Waals surface area contributed by atoms with Crippen molar-refractivity contribution < 1.29 is 29.0 Å². The zero-order valence-corrected chi connectivity index (χ0v) is 21.7. The van der Waals surface area contributed by atoms with Crippen LogP contribution in [-0.2, 0) is 43.4 Å². The van der Waals surface area contributed by atoms with Gasteiger partial charge in [0.15, 0.2) is 0 Å². The number of hydrogen-bond donors (Lipinski definition) is 1. The maximum Gasteiger partial charge on any atom is 0.352 e. The van der Waals surface area contributed by atoms with Crippen LogP contribution in [-0.4, -0.2) is 50.0 Å². The lowest BCUT2D eigenvalue weighted by Gasteiger charge is -2.25. The van der Waals surface area contributed by atoms with Gasteiger partial charge in [-0.3, -0.25) is 14.4 Å². The third-order valence-corrected chi connectivity index (χ3v) is 7.88. The van der Waals surface area contributed by atoms with Crippen molar-refractivity contribution in [3.05, 3.63) is 49.2 Å². The number of rotatable bonds is 7. The molecule has 2 aromatic heterocycles. The van der Waals surface area contributed by atoms with E-state index in [2.05, 4.69) is 0 Å². The Labute approximate surface area is 217 Å². The Hall–Kier alpha value is -3.24. The molecule has 2 aromatic rings. The third-order valence-electron chi connectivity index (χ3n) is 6.96. The quantitative estimate of drug-likeness (QED) is 0.446. The fraction of sp³-hybridized carbons (Fsp3) is 0.444. The Morgan fingerprint density at radius 3 is 2.78 bits per heavy atom. The van der Waals surface area contributed by atoms with Crippen molar-refractivity contribution in [1.82, 2.24) is 9.55 Å². The molecule has 10 heteroatoms. The normalized spacial score (nSPS) is 19.1. The Bertz CT molecular complexity index is 1510. The van der Waals surface area contributed by atoms with Crippen LogP contribution < -0.4 is 16.1 Å². The smallest absolute Gasteiger partial charge is 0.352 e. The Morgan fingerprint density at radius 2 is 2.05 bits per heavy atom. The predicted molar refractivity (Wildman–Crippen MR) is 137 cm³/mol. The van der Waals surface area contributed by atoms with E-state index in [-0.39, 0.29) is 40.9 Å². The summed E-state index contributed by atoms with van der Waals surface area (Å²) in [5.74, 6) is -1.44. The van der Waals surface area contributed by atoms with Crippen LogP contribution in [0.5, 0.6) is 0 Å². The van der Waals surface area contributed by atoms with Gasteiger partial charge in [0.2, 0.25) is 6.10 Å². The van der Waals surface area contributed by atoms with Gasteiger partial charge in [-0.1, -0.05) is 26.8 Å². The van der Waals surface area contributed by atoms with Crippen molar-refractivity contribution in [3.8, 4) is 11.4 Å². The first-order valence-corrected chi connectivity index (χ1v) is 13.5. The van der Waals surface area contributed by atoms with E-state index in [1.165, 1.54) is 0 Å². The van der Waals surface area contributed by atoms with E-state index in [1.54, 1.807) is 24.5 Å². The number of thioether (sulfide) groups is 1. The number of nitrogens with zero attached hydrogens (tertiary/aromatic N) is 2. The van der Waals surface area contributed by atoms with Crippen molar-refractivity contribution in [1.29, 1.82) is 0 Å². The number of aliphatic hydroxyl groups excluding tert-OH is 1. The summed E-state index contributed by atoms with van der Waals surface area (Å²) >= 11 is 1.12. The van der Waals surface area contributed by atoms with E-state index < -0.39 is 24.1 Å². The number of carbonyl (C=O) groups excluding carboxylic acids is 3. The van der Waals surface area contributed by atoms with Gasteiger partial charge in [0, 0.05) is 22.3 Å². The molecule has 5 rings (SSSR count). The molecular weight excluding hydrogens is 496 g/mol. The fourth-order valence-electron chi connectivity index (χ4n) is 4.95. The first-order chi connectivity index (χ1) is 17.7. The molecule has 3 aliphatic rings. The molecule has 0 amide bonds. The molecule has 0 aromatic carbocycles. The van der Waals surface area contributed by atoms with Crippen molar-refractivity contribution >= 4 is 41.6 Å². The van der Waals surface area contributed by atoms with Crippen LogP contribution in [0, 0.1) is 5.92 Å². The number of Topliss-reactive ketones (excluding diaryl/α,β-unsaturated/α-hetero) is 1. The Balaban J connectivity index is 1.51. The highest BCUT2D eigenvalue weighted by atomic mass is 32.2. The van der Waals surface area contributed by atoms with Gasteiger partial charge >= 0.3 is 11.9 Å². The summed E-state index contributed by atoms with van der Waals surface area (Å²) < 4.78 is 12.3. The van der Waals surface area contributed by atoms with E-state index in [0.717, 1.165) is 33.5 Å². The van der Waals surface area contributed by atoms with Gasteiger partial charge in [-0.05, 0) is 30.5 Å². The maximum absolute atomic E-state index is 13.5. The molecular formula is C27H28N2O7S. The molecule has 1 N–H and O–H groups in total. The van der Waals surface area contributed by atoms with Gasteiger partial charge in [-0.15, -0.1) is 11.8 Å². The number of esters is 2. The van der Waals surface area contributed by atoms with Gasteiger partial charge in [0.25, 0.3) is 5.56 Å². The summed E-state index contributed by atoms with van der Waals surface area (Å²) in [6.45, 7) is 5.73. The van der Waals surface area contributed by atoms with E-state index in [0.29, 0.717) is 36.3 Å². The molecule has 9 nitrogen and oxygen atoms in total. The zero-order chi connectivity index (χ0) is 26.4. The topological polar surface area (TPSA) is 125 Å². The largest absolute Gasteiger partial charge is 0.458 e.